The monoisotopic (exact) mass is 1390 g/mol. The van der Waals surface area contributed by atoms with Crippen LogP contribution in [0.2, 0.25) is 72.5 Å². The second-order valence-electron chi connectivity index (χ2n) is 27.8. The molecule has 0 unspecified atom stereocenters. The average molecular weight is 1390 g/mol. The number of ether oxygens (including phenoxy) is 2. The van der Waals surface area contributed by atoms with Crippen molar-refractivity contribution in [3.05, 3.63) is 189 Å². The van der Waals surface area contributed by atoms with Gasteiger partial charge in [0.25, 0.3) is 0 Å². The van der Waals surface area contributed by atoms with Crippen LogP contribution < -0.4 is 0 Å². The summed E-state index contributed by atoms with van der Waals surface area (Å²) >= 11 is 0. The van der Waals surface area contributed by atoms with Crippen LogP contribution in [-0.2, 0) is 95.3 Å². The third kappa shape index (κ3) is 44.2. The summed E-state index contributed by atoms with van der Waals surface area (Å²) in [6.07, 6.45) is 10.6. The van der Waals surface area contributed by atoms with Gasteiger partial charge in [-0.2, -0.15) is 96.1 Å². The van der Waals surface area contributed by atoms with E-state index in [1.165, 1.54) is 62.5 Å². The number of rotatable bonds is 11. The molecule has 0 aromatic heterocycles. The first-order valence-electron chi connectivity index (χ1n) is 30.8. The fourth-order valence-corrected chi connectivity index (χ4v) is 10.7. The predicted molar refractivity (Wildman–Crippen MR) is 379 cm³/mol. The average Bonchev–Trinajstić information content (AvgIpc) is 3.48. The Kier molecular flexibility index (Phi) is 52.5. The fourth-order valence-electron chi connectivity index (χ4n) is 6.18. The molecule has 14 heteroatoms. The van der Waals surface area contributed by atoms with Gasteiger partial charge in [0.1, 0.15) is 0 Å². The fraction of sp³-hybridized carbons (Fsp3) is 0.556. The summed E-state index contributed by atoms with van der Waals surface area (Å²) in [5, 5.41) is 1.35. The second-order valence-corrected chi connectivity index (χ2v) is 47.1. The molecule has 6 aromatic carbocycles. The van der Waals surface area contributed by atoms with Gasteiger partial charge in [0.15, 0.2) is 0 Å². The maximum absolute atomic E-state index is 4.94. The zero-order valence-electron chi connectivity index (χ0n) is 58.8. The Morgan fingerprint density at radius 2 is 0.709 bits per heavy atom. The van der Waals surface area contributed by atoms with Gasteiger partial charge < -0.3 is 29.4 Å². The van der Waals surface area contributed by atoms with Gasteiger partial charge >= 0.3 is 60.0 Å². The smallest absolute Gasteiger partial charge is 0.745 e. The molecule has 2 saturated heterocycles. The van der Waals surface area contributed by atoms with E-state index in [0.717, 1.165) is 49.2 Å². The van der Waals surface area contributed by atoms with Crippen molar-refractivity contribution in [2.45, 2.75) is 235 Å². The van der Waals surface area contributed by atoms with Crippen LogP contribution in [0.1, 0.15) is 159 Å². The summed E-state index contributed by atoms with van der Waals surface area (Å²) in [7, 11) is -5.94. The first-order chi connectivity index (χ1) is 38.0. The number of hydrogen-bond donors (Lipinski definition) is 0. The van der Waals surface area contributed by atoms with Gasteiger partial charge in [-0.05, 0) is 58.6 Å². The van der Waals surface area contributed by atoms with Gasteiger partial charge in [-0.25, -0.2) is 72.8 Å². The molecule has 2 aliphatic heterocycles. The van der Waals surface area contributed by atoms with Gasteiger partial charge in [0.05, 0.1) is 0 Å². The van der Waals surface area contributed by atoms with Gasteiger partial charge in [0, 0.05) is 52.3 Å². The van der Waals surface area contributed by atoms with Crippen LogP contribution in [0.5, 0.6) is 0 Å². The van der Waals surface area contributed by atoms with Gasteiger partial charge in [0.2, 0.25) is 0 Å². The first-order valence-corrected chi connectivity index (χ1v) is 42.6. The molecule has 6 aromatic rings. The molecule has 0 bridgehead atoms. The summed E-state index contributed by atoms with van der Waals surface area (Å²) in [5.41, 5.74) is 7.16. The minimum atomic E-state index is -1.48. The van der Waals surface area contributed by atoms with Crippen LogP contribution in [0, 0.1) is 26.0 Å². The Bertz CT molecular complexity index is 2050. The minimum Gasteiger partial charge on any atom is -0.745 e. The maximum Gasteiger partial charge on any atom is 3.00 e. The van der Waals surface area contributed by atoms with Crippen molar-refractivity contribution < 1.29 is 95.3 Å². The molecular weight excluding hydrogens is 1270 g/mol. The van der Waals surface area contributed by atoms with E-state index in [0.29, 0.717) is 20.2 Å². The summed E-state index contributed by atoms with van der Waals surface area (Å²) in [4.78, 5) is 19.4. The molecule has 8 rings (SSSR count). The second kappa shape index (κ2) is 48.4. The predicted octanol–water partition coefficient (Wildman–Crippen LogP) is 25.4. The Labute approximate surface area is 595 Å². The third-order valence-corrected chi connectivity index (χ3v) is 33.9. The number of benzene rings is 2. The Balaban J connectivity index is -0.000000290. The summed E-state index contributed by atoms with van der Waals surface area (Å²) in [6, 6.07) is 54.7. The van der Waals surface area contributed by atoms with Crippen LogP contribution in [0.15, 0.2) is 146 Å². The third-order valence-electron chi connectivity index (χ3n) is 15.9. The van der Waals surface area contributed by atoms with Crippen LogP contribution in [0.4, 0.5) is 22.7 Å². The molecule has 2 radical (unpaired) electrons. The van der Waals surface area contributed by atoms with Crippen molar-refractivity contribution in [2.24, 2.45) is 0 Å². The van der Waals surface area contributed by atoms with E-state index in [9.17, 15) is 0 Å². The number of aryl methyl sites for hydroxylation is 2. The van der Waals surface area contributed by atoms with Gasteiger partial charge in [-0.3, -0.25) is 22.7 Å². The van der Waals surface area contributed by atoms with Crippen LogP contribution >= 0.6 is 0 Å². The molecule has 0 atom stereocenters. The zero-order valence-corrected chi connectivity index (χ0v) is 68.6. The van der Waals surface area contributed by atoms with Gasteiger partial charge in [-0.15, -0.1) is 0 Å². The molecule has 0 spiro atoms. The van der Waals surface area contributed by atoms with E-state index in [-0.39, 0.29) is 85.8 Å². The number of nitrogens with zero attached hydrogens (tertiary/aromatic N) is 4. The van der Waals surface area contributed by atoms with Crippen molar-refractivity contribution in [3.63, 3.8) is 0 Å². The van der Waals surface area contributed by atoms with Crippen LogP contribution in [-0.4, -0.2) is 59.4 Å². The SMILES string of the molecule is C1CCOC1.C1CCOC1.CC(C)(C)[Si](C)(C)[N-][c-]1cccc1.CC(C)(C)[Si](C)(C)[N-][c-]1cccc1.CC(C)(C)[Si](C)(C)[N-]c1ccc[cH-]1.CC(C)(C)[Si](C)(C)[N-]c1ccc[cH-]1.CCCCCC.Cc1cc[c-]cc1.Cc1cc[c-]cc1.[Fe+2].[Fe+3].[Sc+3].[Sc]. The molecule has 2 aliphatic rings. The summed E-state index contributed by atoms with van der Waals surface area (Å²) in [5.74, 6) is 0. The molecule has 0 saturated carbocycles. The molecule has 0 N–H and O–H groups in total. The van der Waals surface area contributed by atoms with E-state index >= 15 is 0 Å². The molecular formula is C72H120Fe2N4O2Sc2Si4-2. The standard InChI is InChI=1S/4C11H19NSi.2C7H7.C6H14.2C4H8O.2Fe.2Sc/c4*1-11(2,3)13(4,5)12-10-8-6-7-9-10;2*1-7-5-3-2-4-6-7;1-3-5-6-4-2;2*1-2-4-5-3-1;;;;/h4*6-9H,1-5H3;2*3-6H,1H3;3-6H2,1-2H3;2*1-4H2;;;;/q4*-2;2*-1;;;;+2;+3;;+3. The van der Waals surface area contributed by atoms with Crippen molar-refractivity contribution >= 4 is 55.7 Å². The van der Waals surface area contributed by atoms with Crippen molar-refractivity contribution in [1.29, 1.82) is 0 Å². The molecule has 480 valence electrons. The normalized spacial score (nSPS) is 12.7. The molecule has 2 fully saturated rings. The van der Waals surface area contributed by atoms with E-state index in [4.69, 9.17) is 29.4 Å². The molecule has 2 heterocycles. The first kappa shape index (κ1) is 93.3. The van der Waals surface area contributed by atoms with Crippen LogP contribution in [0.25, 0.3) is 19.9 Å². The van der Waals surface area contributed by atoms with Crippen molar-refractivity contribution in [2.75, 3.05) is 26.4 Å². The van der Waals surface area contributed by atoms with Crippen LogP contribution in [0.3, 0.4) is 0 Å². The van der Waals surface area contributed by atoms with E-state index in [1.54, 1.807) is 0 Å². The molecule has 86 heavy (non-hydrogen) atoms. The molecule has 0 amide bonds. The van der Waals surface area contributed by atoms with Crippen molar-refractivity contribution in [3.8, 4) is 0 Å². The molecule has 0 aliphatic carbocycles. The van der Waals surface area contributed by atoms with E-state index < -0.39 is 32.9 Å². The van der Waals surface area contributed by atoms with Gasteiger partial charge in [-0.1, -0.05) is 209 Å². The number of hydrogen-bond acceptors (Lipinski definition) is 2. The number of unbranched alkanes of at least 4 members (excludes halogenated alkanes) is 3. The Morgan fingerprint density at radius 1 is 0.453 bits per heavy atom. The largest absolute Gasteiger partial charge is 3.00 e. The van der Waals surface area contributed by atoms with Crippen molar-refractivity contribution in [1.82, 2.24) is 0 Å². The maximum atomic E-state index is 4.94. The molecule has 6 nitrogen and oxygen atoms in total. The Hall–Kier alpha value is -1.39. The van der Waals surface area contributed by atoms with E-state index in [2.05, 4.69) is 224 Å². The summed E-state index contributed by atoms with van der Waals surface area (Å²) < 4.78 is 9.89. The Morgan fingerprint density at radius 3 is 0.872 bits per heavy atom. The zero-order chi connectivity index (χ0) is 62.6. The summed E-state index contributed by atoms with van der Waals surface area (Å²) in [6.45, 7) is 58.5. The minimum absolute atomic E-state index is 0. The quantitative estimate of drug-likeness (QED) is 0.0736. The van der Waals surface area contributed by atoms with E-state index in [1.807, 2.05) is 97.1 Å². The topological polar surface area (TPSA) is 74.9 Å².